The van der Waals surface area contributed by atoms with E-state index < -0.39 is 16.9 Å². The number of rotatable bonds is 4. The Morgan fingerprint density at radius 3 is 3.00 bits per heavy atom. The molecular weight excluding hydrogens is 330 g/mol. The van der Waals surface area contributed by atoms with Crippen molar-refractivity contribution >= 4 is 27.6 Å². The lowest BCUT2D eigenvalue weighted by Gasteiger charge is -2.33. The monoisotopic (exact) mass is 343 g/mol. The Morgan fingerprint density at radius 2 is 2.35 bits per heavy atom. The van der Waals surface area contributed by atoms with E-state index in [9.17, 15) is 20.0 Å². The van der Waals surface area contributed by atoms with Gasteiger partial charge in [-0.25, -0.2) is 0 Å². The van der Waals surface area contributed by atoms with Crippen LogP contribution in [0.1, 0.15) is 5.56 Å². The molecule has 20 heavy (non-hydrogen) atoms. The van der Waals surface area contributed by atoms with Crippen LogP contribution in [-0.4, -0.2) is 46.6 Å². The number of hydrogen-bond donors (Lipinski definition) is 2. The number of piperazine rings is 1. The SMILES string of the molecule is O=C(O)C1CNCCN1Cc1ccc(Br)cc1[N+](=O)[O-]. The van der Waals surface area contributed by atoms with Crippen molar-refractivity contribution in [2.75, 3.05) is 19.6 Å². The van der Waals surface area contributed by atoms with E-state index in [1.807, 2.05) is 0 Å². The highest BCUT2D eigenvalue weighted by Crippen LogP contribution is 2.25. The lowest BCUT2D eigenvalue weighted by Crippen LogP contribution is -2.54. The molecule has 0 saturated carbocycles. The lowest BCUT2D eigenvalue weighted by molar-refractivity contribution is -0.385. The molecule has 7 nitrogen and oxygen atoms in total. The predicted molar refractivity (Wildman–Crippen MR) is 75.5 cm³/mol. The van der Waals surface area contributed by atoms with Gasteiger partial charge in [-0.3, -0.25) is 19.8 Å². The summed E-state index contributed by atoms with van der Waals surface area (Å²) in [7, 11) is 0. The molecule has 1 unspecified atom stereocenters. The number of nitrogens with zero attached hydrogens (tertiary/aromatic N) is 2. The van der Waals surface area contributed by atoms with Gasteiger partial charge >= 0.3 is 5.97 Å². The molecular formula is C12H14BrN3O4. The van der Waals surface area contributed by atoms with Crippen LogP contribution in [0, 0.1) is 10.1 Å². The van der Waals surface area contributed by atoms with Crippen LogP contribution in [0.3, 0.4) is 0 Å². The predicted octanol–water partition coefficient (Wildman–Crippen LogP) is 1.22. The van der Waals surface area contributed by atoms with Crippen LogP contribution in [0.4, 0.5) is 5.69 Å². The molecule has 1 saturated heterocycles. The Morgan fingerprint density at radius 1 is 1.60 bits per heavy atom. The minimum atomic E-state index is -0.919. The molecule has 108 valence electrons. The summed E-state index contributed by atoms with van der Waals surface area (Å²) in [5.41, 5.74) is 0.522. The van der Waals surface area contributed by atoms with Crippen LogP contribution in [0.5, 0.6) is 0 Å². The van der Waals surface area contributed by atoms with Gasteiger partial charge in [0, 0.05) is 42.3 Å². The van der Waals surface area contributed by atoms with Crippen LogP contribution < -0.4 is 5.32 Å². The molecule has 2 N–H and O–H groups in total. The molecule has 0 radical (unpaired) electrons. The number of hydrogen-bond acceptors (Lipinski definition) is 5. The summed E-state index contributed by atoms with van der Waals surface area (Å²) in [6, 6.07) is 4.16. The first-order valence-electron chi connectivity index (χ1n) is 6.09. The summed E-state index contributed by atoms with van der Waals surface area (Å²) in [4.78, 5) is 23.6. The van der Waals surface area contributed by atoms with Gasteiger partial charge < -0.3 is 10.4 Å². The fourth-order valence-corrected chi connectivity index (χ4v) is 2.59. The van der Waals surface area contributed by atoms with Crippen molar-refractivity contribution in [3.05, 3.63) is 38.3 Å². The topological polar surface area (TPSA) is 95.7 Å². The first-order chi connectivity index (χ1) is 9.49. The van der Waals surface area contributed by atoms with E-state index >= 15 is 0 Å². The van der Waals surface area contributed by atoms with Gasteiger partial charge in [-0.2, -0.15) is 0 Å². The van der Waals surface area contributed by atoms with Crippen LogP contribution >= 0.6 is 15.9 Å². The highest BCUT2D eigenvalue weighted by atomic mass is 79.9. The third kappa shape index (κ3) is 3.33. The molecule has 1 aromatic carbocycles. The Hall–Kier alpha value is -1.51. The molecule has 0 aromatic heterocycles. The number of carboxylic acids is 1. The second-order valence-corrected chi connectivity index (χ2v) is 5.47. The number of benzene rings is 1. The molecule has 0 amide bonds. The van der Waals surface area contributed by atoms with E-state index in [0.29, 0.717) is 29.7 Å². The van der Waals surface area contributed by atoms with E-state index in [-0.39, 0.29) is 12.2 Å². The number of aliphatic carboxylic acids is 1. The third-order valence-electron chi connectivity index (χ3n) is 3.26. The molecule has 1 aliphatic rings. The fourth-order valence-electron chi connectivity index (χ4n) is 2.24. The number of nitro groups is 1. The zero-order valence-electron chi connectivity index (χ0n) is 10.6. The quantitative estimate of drug-likeness (QED) is 0.630. The standard InChI is InChI=1S/C12H14BrN3O4/c13-9-2-1-8(10(5-9)16(19)20)7-15-4-3-14-6-11(15)12(17)18/h1-2,5,11,14H,3-4,6-7H2,(H,17,18). The van der Waals surface area contributed by atoms with Crippen molar-refractivity contribution in [1.82, 2.24) is 10.2 Å². The van der Waals surface area contributed by atoms with Gasteiger partial charge in [0.05, 0.1) is 4.92 Å². The highest BCUT2D eigenvalue weighted by Gasteiger charge is 2.29. The maximum absolute atomic E-state index is 11.2. The summed E-state index contributed by atoms with van der Waals surface area (Å²) in [5, 5.41) is 23.3. The van der Waals surface area contributed by atoms with Gasteiger partial charge in [-0.05, 0) is 12.1 Å². The Labute approximate surface area is 123 Å². The smallest absolute Gasteiger partial charge is 0.322 e. The van der Waals surface area contributed by atoms with Crippen LogP contribution in [-0.2, 0) is 11.3 Å². The van der Waals surface area contributed by atoms with Crippen molar-refractivity contribution in [3.8, 4) is 0 Å². The second-order valence-electron chi connectivity index (χ2n) is 4.56. The first kappa shape index (κ1) is 14.9. The lowest BCUT2D eigenvalue weighted by atomic mass is 10.1. The summed E-state index contributed by atoms with van der Waals surface area (Å²) < 4.78 is 0.628. The minimum Gasteiger partial charge on any atom is -0.480 e. The maximum Gasteiger partial charge on any atom is 0.322 e. The van der Waals surface area contributed by atoms with Gasteiger partial charge in [-0.1, -0.05) is 15.9 Å². The molecule has 1 aromatic rings. The van der Waals surface area contributed by atoms with E-state index in [2.05, 4.69) is 21.2 Å². The van der Waals surface area contributed by atoms with E-state index in [1.165, 1.54) is 6.07 Å². The van der Waals surface area contributed by atoms with Gasteiger partial charge in [0.2, 0.25) is 0 Å². The second kappa shape index (κ2) is 6.29. The number of nitro benzene ring substituents is 1. The third-order valence-corrected chi connectivity index (χ3v) is 3.75. The van der Waals surface area contributed by atoms with Crippen molar-refractivity contribution in [2.45, 2.75) is 12.6 Å². The van der Waals surface area contributed by atoms with E-state index in [4.69, 9.17) is 0 Å². The normalized spacial score (nSPS) is 19.8. The molecule has 0 aliphatic carbocycles. The molecule has 0 bridgehead atoms. The molecule has 0 spiro atoms. The molecule has 8 heteroatoms. The summed E-state index contributed by atoms with van der Waals surface area (Å²) in [6.07, 6.45) is 0. The molecule has 1 heterocycles. The van der Waals surface area contributed by atoms with Gasteiger partial charge in [0.1, 0.15) is 6.04 Å². The Balaban J connectivity index is 2.24. The largest absolute Gasteiger partial charge is 0.480 e. The van der Waals surface area contributed by atoms with Gasteiger partial charge in [0.15, 0.2) is 0 Å². The average Bonchev–Trinajstić information content (AvgIpc) is 2.41. The number of halogens is 1. The zero-order chi connectivity index (χ0) is 14.7. The number of carbonyl (C=O) groups is 1. The van der Waals surface area contributed by atoms with E-state index in [1.54, 1.807) is 17.0 Å². The summed E-state index contributed by atoms with van der Waals surface area (Å²) in [5.74, 6) is -0.919. The molecule has 1 aliphatic heterocycles. The fraction of sp³-hybridized carbons (Fsp3) is 0.417. The zero-order valence-corrected chi connectivity index (χ0v) is 12.2. The summed E-state index contributed by atoms with van der Waals surface area (Å²) >= 11 is 3.20. The van der Waals surface area contributed by atoms with Crippen molar-refractivity contribution < 1.29 is 14.8 Å². The highest BCUT2D eigenvalue weighted by molar-refractivity contribution is 9.10. The average molecular weight is 344 g/mol. The van der Waals surface area contributed by atoms with Crippen LogP contribution in [0.25, 0.3) is 0 Å². The molecule has 1 atom stereocenters. The van der Waals surface area contributed by atoms with Crippen molar-refractivity contribution in [1.29, 1.82) is 0 Å². The maximum atomic E-state index is 11.2. The Kier molecular flexibility index (Phi) is 4.69. The number of nitrogens with one attached hydrogen (secondary N) is 1. The van der Waals surface area contributed by atoms with Gasteiger partial charge in [-0.15, -0.1) is 0 Å². The molecule has 2 rings (SSSR count). The van der Waals surface area contributed by atoms with Crippen molar-refractivity contribution in [3.63, 3.8) is 0 Å². The van der Waals surface area contributed by atoms with Crippen LogP contribution in [0.2, 0.25) is 0 Å². The first-order valence-corrected chi connectivity index (χ1v) is 6.88. The Bertz CT molecular complexity index is 537. The van der Waals surface area contributed by atoms with Crippen LogP contribution in [0.15, 0.2) is 22.7 Å². The molecule has 1 fully saturated rings. The summed E-state index contributed by atoms with van der Waals surface area (Å²) in [6.45, 7) is 1.82. The minimum absolute atomic E-state index is 0.00189. The van der Waals surface area contributed by atoms with Crippen molar-refractivity contribution in [2.24, 2.45) is 0 Å². The number of carboxylic acid groups (broad SMARTS) is 1. The van der Waals surface area contributed by atoms with Gasteiger partial charge in [0.25, 0.3) is 5.69 Å². The van der Waals surface area contributed by atoms with E-state index in [0.717, 1.165) is 0 Å².